The van der Waals surface area contributed by atoms with Crippen LogP contribution in [0, 0.1) is 5.82 Å². The highest BCUT2D eigenvalue weighted by atomic mass is 19.3. The number of pyridine rings is 1. The second-order valence-corrected chi connectivity index (χ2v) is 9.92. The molecule has 2 aliphatic heterocycles. The lowest BCUT2D eigenvalue weighted by Gasteiger charge is -2.39. The molecule has 0 spiro atoms. The van der Waals surface area contributed by atoms with Crippen LogP contribution < -0.4 is 5.69 Å². The van der Waals surface area contributed by atoms with Gasteiger partial charge in [-0.3, -0.25) is 19.5 Å². The summed E-state index contributed by atoms with van der Waals surface area (Å²) in [7, 11) is 0. The predicted molar refractivity (Wildman–Crippen MR) is 142 cm³/mol. The van der Waals surface area contributed by atoms with Gasteiger partial charge in [0.05, 0.1) is 54.3 Å². The van der Waals surface area contributed by atoms with Gasteiger partial charge in [-0.05, 0) is 44.1 Å². The summed E-state index contributed by atoms with van der Waals surface area (Å²) in [6, 6.07) is 6.74. The zero-order chi connectivity index (χ0) is 28.3. The molecule has 5 aromatic rings. The number of imidazole rings is 1. The summed E-state index contributed by atoms with van der Waals surface area (Å²) in [5, 5.41) is 13.3. The van der Waals surface area contributed by atoms with Crippen LogP contribution in [0.4, 0.5) is 13.2 Å². The fourth-order valence-corrected chi connectivity index (χ4v) is 4.92. The van der Waals surface area contributed by atoms with Gasteiger partial charge in [0.2, 0.25) is 5.89 Å². The Morgan fingerprint density at radius 3 is 2.51 bits per heavy atom. The van der Waals surface area contributed by atoms with E-state index in [1.807, 2.05) is 0 Å². The number of hydrogen-bond acceptors (Lipinski definition) is 8. The number of fused-ring (bicyclic) bond motifs is 1. The minimum Gasteiger partial charge on any atom is -0.415 e. The van der Waals surface area contributed by atoms with E-state index >= 15 is 0 Å². The summed E-state index contributed by atoms with van der Waals surface area (Å²) < 4.78 is 51.2. The molecule has 4 aromatic heterocycles. The molecule has 7 rings (SSSR count). The predicted octanol–water partition coefficient (Wildman–Crippen LogP) is 4.16. The van der Waals surface area contributed by atoms with Gasteiger partial charge in [-0.25, -0.2) is 9.18 Å². The molecule has 0 amide bonds. The topological polar surface area (TPSA) is 131 Å². The second-order valence-electron chi connectivity index (χ2n) is 9.92. The number of piperidine rings is 1. The quantitative estimate of drug-likeness (QED) is 0.312. The number of aromatic nitrogens is 7. The van der Waals surface area contributed by atoms with Crippen molar-refractivity contribution in [3.8, 4) is 22.6 Å². The van der Waals surface area contributed by atoms with E-state index in [1.54, 1.807) is 24.4 Å². The van der Waals surface area contributed by atoms with Crippen molar-refractivity contribution in [1.82, 2.24) is 39.8 Å². The number of aromatic amines is 2. The number of alkyl halides is 2. The van der Waals surface area contributed by atoms with E-state index in [4.69, 9.17) is 9.15 Å². The van der Waals surface area contributed by atoms with Crippen LogP contribution >= 0.6 is 0 Å². The Hall–Kier alpha value is -4.30. The number of hydrogen-bond donors (Lipinski definition) is 2. The third-order valence-electron chi connectivity index (χ3n) is 7.22. The first-order valence-electron chi connectivity index (χ1n) is 13.3. The molecular formula is C27H27F3N8O3. The van der Waals surface area contributed by atoms with Crippen LogP contribution in [0.5, 0.6) is 0 Å². The van der Waals surface area contributed by atoms with Crippen molar-refractivity contribution < 1.29 is 22.3 Å². The average molecular weight is 569 g/mol. The molecule has 11 nitrogen and oxygen atoms in total. The Morgan fingerprint density at radius 2 is 1.88 bits per heavy atom. The molecule has 2 saturated heterocycles. The van der Waals surface area contributed by atoms with Crippen molar-refractivity contribution in [2.45, 2.75) is 38.3 Å². The van der Waals surface area contributed by atoms with Crippen molar-refractivity contribution in [3.63, 3.8) is 0 Å². The van der Waals surface area contributed by atoms with Gasteiger partial charge >= 0.3 is 12.1 Å². The first kappa shape index (κ1) is 26.9. The van der Waals surface area contributed by atoms with Crippen molar-refractivity contribution >= 4 is 11.0 Å². The van der Waals surface area contributed by atoms with Crippen molar-refractivity contribution in [2.24, 2.45) is 0 Å². The fraction of sp³-hybridized carbons (Fsp3) is 0.370. The van der Waals surface area contributed by atoms with E-state index in [0.29, 0.717) is 33.4 Å². The first-order valence-corrected chi connectivity index (χ1v) is 13.3. The number of nitrogens with zero attached hydrogens (tertiary/aromatic N) is 6. The molecule has 2 fully saturated rings. The summed E-state index contributed by atoms with van der Waals surface area (Å²) in [5.41, 5.74) is 2.11. The molecule has 6 heterocycles. The van der Waals surface area contributed by atoms with Crippen LogP contribution in [0.3, 0.4) is 0 Å². The maximum atomic E-state index is 14.6. The number of rotatable bonds is 6. The van der Waals surface area contributed by atoms with Crippen LogP contribution in [-0.2, 0) is 11.3 Å². The molecule has 0 bridgehead atoms. The number of likely N-dealkylation sites (tertiary alicyclic amines) is 1. The van der Waals surface area contributed by atoms with E-state index < -0.39 is 23.8 Å². The molecule has 41 heavy (non-hydrogen) atoms. The lowest BCUT2D eigenvalue weighted by atomic mass is 10.1. The molecule has 0 radical (unpaired) electrons. The van der Waals surface area contributed by atoms with Gasteiger partial charge in [0.25, 0.3) is 5.89 Å². The normalized spacial score (nSPS) is 16.1. The lowest BCUT2D eigenvalue weighted by Crippen LogP contribution is -2.50. The Morgan fingerprint density at radius 1 is 1.05 bits per heavy atom. The third kappa shape index (κ3) is 5.79. The number of nitrogens with one attached hydrogen (secondary N) is 2. The lowest BCUT2D eigenvalue weighted by molar-refractivity contribution is -0.0698. The molecule has 2 N–H and O–H groups in total. The van der Waals surface area contributed by atoms with Crippen molar-refractivity contribution in [3.05, 3.63) is 70.7 Å². The van der Waals surface area contributed by atoms with Crippen molar-refractivity contribution in [1.29, 1.82) is 0 Å². The van der Waals surface area contributed by atoms with E-state index in [9.17, 15) is 18.0 Å². The maximum absolute atomic E-state index is 14.6. The highest BCUT2D eigenvalue weighted by Crippen LogP contribution is 2.27. The van der Waals surface area contributed by atoms with Gasteiger partial charge in [0.15, 0.2) is 0 Å². The molecule has 1 aromatic carbocycles. The highest BCUT2D eigenvalue weighted by Gasteiger charge is 2.26. The molecule has 14 heteroatoms. The largest absolute Gasteiger partial charge is 0.415 e. The van der Waals surface area contributed by atoms with Gasteiger partial charge in [-0.2, -0.15) is 13.9 Å². The van der Waals surface area contributed by atoms with Crippen LogP contribution in [0.1, 0.15) is 37.3 Å². The summed E-state index contributed by atoms with van der Waals surface area (Å²) in [5.74, 6) is -1.37. The van der Waals surface area contributed by atoms with E-state index in [1.165, 1.54) is 55.4 Å². The van der Waals surface area contributed by atoms with E-state index in [0.717, 1.165) is 19.3 Å². The molecule has 0 saturated carbocycles. The van der Waals surface area contributed by atoms with Crippen LogP contribution in [0.15, 0.2) is 52.1 Å². The number of benzene rings is 1. The summed E-state index contributed by atoms with van der Waals surface area (Å²) in [4.78, 5) is 21.9. The standard InChI is InChI=1S/C19H12F3N7O2.C8H15NO/c20-13-4-15-14(3-12(13)10-6-24-25-7-10)26-19(30)29(15)8-11-2-1-9(5-23-11)17-27-28-18(31-17)16(21)22;1-2-4-9(5-3-1)8-6-10-7-8/h1-7,16H,8H2,(H,24,25)(H,26,30);8H,1-7H2. The zero-order valence-electron chi connectivity index (χ0n) is 21.9. The second kappa shape index (κ2) is 11.7. The number of halogens is 3. The Labute approximate surface area is 231 Å². The van der Waals surface area contributed by atoms with Gasteiger partial charge in [-0.15, -0.1) is 10.2 Å². The van der Waals surface area contributed by atoms with Crippen LogP contribution in [-0.4, -0.2) is 72.2 Å². The number of ether oxygens (including phenoxy) is 1. The Kier molecular flexibility index (Phi) is 7.65. The molecule has 0 atom stereocenters. The first-order chi connectivity index (χ1) is 20.0. The van der Waals surface area contributed by atoms with E-state index in [2.05, 4.69) is 35.3 Å². The van der Waals surface area contributed by atoms with Crippen molar-refractivity contribution in [2.75, 3.05) is 26.3 Å². The minimum absolute atomic E-state index is 0.0652. The number of H-pyrrole nitrogens is 2. The third-order valence-corrected chi connectivity index (χ3v) is 7.22. The van der Waals surface area contributed by atoms with Gasteiger partial charge in [0.1, 0.15) is 5.82 Å². The SMILES string of the molecule is C1CCN(C2COC2)CC1.O=c1[nH]c2cc(-c3cn[nH]c3)c(F)cc2n1Cc1ccc(-c2nnc(C(F)F)o2)cn1. The van der Waals surface area contributed by atoms with Crippen LogP contribution in [0.2, 0.25) is 0 Å². The molecule has 2 aliphatic rings. The minimum atomic E-state index is -2.86. The average Bonchev–Trinajstić information content (AvgIpc) is 3.71. The van der Waals surface area contributed by atoms with Gasteiger partial charge in [0, 0.05) is 29.6 Å². The zero-order valence-corrected chi connectivity index (χ0v) is 21.9. The Bertz CT molecular complexity index is 1650. The molecule has 0 aliphatic carbocycles. The smallest absolute Gasteiger partial charge is 0.326 e. The van der Waals surface area contributed by atoms with E-state index in [-0.39, 0.29) is 12.4 Å². The summed E-state index contributed by atoms with van der Waals surface area (Å²) in [6.45, 7) is 4.66. The summed E-state index contributed by atoms with van der Waals surface area (Å²) >= 11 is 0. The molecular weight excluding hydrogens is 541 g/mol. The monoisotopic (exact) mass is 568 g/mol. The van der Waals surface area contributed by atoms with Gasteiger partial charge < -0.3 is 14.1 Å². The Balaban J connectivity index is 0.000000253. The fourth-order valence-electron chi connectivity index (χ4n) is 4.92. The molecule has 214 valence electrons. The molecule has 0 unspecified atom stereocenters. The van der Waals surface area contributed by atoms with Crippen LogP contribution in [0.25, 0.3) is 33.6 Å². The maximum Gasteiger partial charge on any atom is 0.326 e. The highest BCUT2D eigenvalue weighted by molar-refractivity contribution is 5.82. The summed E-state index contributed by atoms with van der Waals surface area (Å²) in [6.07, 6.45) is 5.78. The van der Waals surface area contributed by atoms with Gasteiger partial charge in [-0.1, -0.05) is 6.42 Å².